The van der Waals surface area contributed by atoms with Crippen LogP contribution in [0.5, 0.6) is 0 Å². The summed E-state index contributed by atoms with van der Waals surface area (Å²) in [7, 11) is 0. The smallest absolute Gasteiger partial charge is 0.303 e. The van der Waals surface area contributed by atoms with E-state index >= 15 is 0 Å². The SMILES string of the molecule is O=C1N(C2CC(N3CCCCC3)C2)C2=C(CCC(Br)=C2)C1(F)F. The molecule has 1 amide bonds. The molecule has 1 saturated carbocycles. The molecule has 2 heterocycles. The Morgan fingerprint density at radius 2 is 1.78 bits per heavy atom. The summed E-state index contributed by atoms with van der Waals surface area (Å²) in [5.74, 6) is -4.32. The largest absolute Gasteiger partial charge is 0.348 e. The minimum Gasteiger partial charge on any atom is -0.303 e. The predicted molar refractivity (Wildman–Crippen MR) is 87.3 cm³/mol. The van der Waals surface area contributed by atoms with Crippen LogP contribution in [0.3, 0.4) is 0 Å². The van der Waals surface area contributed by atoms with Gasteiger partial charge in [-0.1, -0.05) is 22.4 Å². The van der Waals surface area contributed by atoms with Crippen molar-refractivity contribution >= 4 is 21.8 Å². The molecule has 2 aliphatic carbocycles. The number of allylic oxidation sites excluding steroid dienone is 2. The monoisotopic (exact) mass is 386 g/mol. The van der Waals surface area contributed by atoms with Crippen molar-refractivity contribution in [3.63, 3.8) is 0 Å². The van der Waals surface area contributed by atoms with Crippen LogP contribution in [0, 0.1) is 0 Å². The lowest BCUT2D eigenvalue weighted by atomic mass is 9.83. The van der Waals surface area contributed by atoms with Crippen LogP contribution in [-0.4, -0.2) is 46.8 Å². The number of hydrogen-bond acceptors (Lipinski definition) is 2. The van der Waals surface area contributed by atoms with Gasteiger partial charge in [0, 0.05) is 17.7 Å². The molecule has 0 N–H and O–H groups in total. The zero-order valence-corrected chi connectivity index (χ0v) is 14.6. The number of rotatable bonds is 2. The maximum Gasteiger partial charge on any atom is 0.348 e. The fraction of sp³-hybridized carbons (Fsp3) is 0.706. The van der Waals surface area contributed by atoms with Gasteiger partial charge in [-0.05, 0) is 62.2 Å². The van der Waals surface area contributed by atoms with Crippen LogP contribution in [0.25, 0.3) is 0 Å². The van der Waals surface area contributed by atoms with E-state index in [1.54, 1.807) is 6.08 Å². The van der Waals surface area contributed by atoms with E-state index in [0.29, 0.717) is 18.2 Å². The topological polar surface area (TPSA) is 23.6 Å². The molecule has 6 heteroatoms. The van der Waals surface area contributed by atoms with Crippen molar-refractivity contribution in [1.82, 2.24) is 9.80 Å². The van der Waals surface area contributed by atoms with Gasteiger partial charge in [-0.3, -0.25) is 4.79 Å². The van der Waals surface area contributed by atoms with Crippen molar-refractivity contribution in [1.29, 1.82) is 0 Å². The zero-order chi connectivity index (χ0) is 16.2. The molecule has 3 nitrogen and oxygen atoms in total. The molecule has 0 radical (unpaired) electrons. The first kappa shape index (κ1) is 15.8. The Morgan fingerprint density at radius 1 is 1.09 bits per heavy atom. The van der Waals surface area contributed by atoms with Crippen molar-refractivity contribution in [3.05, 3.63) is 21.8 Å². The number of carbonyl (C=O) groups is 1. The first-order valence-corrected chi connectivity index (χ1v) is 9.33. The molecule has 126 valence electrons. The van der Waals surface area contributed by atoms with Crippen molar-refractivity contribution < 1.29 is 13.6 Å². The lowest BCUT2D eigenvalue weighted by molar-refractivity contribution is -0.150. The number of nitrogens with zero attached hydrogens (tertiary/aromatic N) is 2. The summed E-state index contributed by atoms with van der Waals surface area (Å²) in [6, 6.07) is 0.393. The molecule has 23 heavy (non-hydrogen) atoms. The van der Waals surface area contributed by atoms with Gasteiger partial charge >= 0.3 is 11.8 Å². The van der Waals surface area contributed by atoms with Crippen molar-refractivity contribution in [2.75, 3.05) is 13.1 Å². The Hall–Kier alpha value is -0.750. The average molecular weight is 387 g/mol. The number of carbonyl (C=O) groups excluding carboxylic acids is 1. The van der Waals surface area contributed by atoms with Crippen molar-refractivity contribution in [3.8, 4) is 0 Å². The average Bonchev–Trinajstić information content (AvgIpc) is 2.67. The second kappa shape index (κ2) is 5.66. The minimum atomic E-state index is -3.31. The van der Waals surface area contributed by atoms with Crippen LogP contribution in [0.2, 0.25) is 0 Å². The lowest BCUT2D eigenvalue weighted by Crippen LogP contribution is -2.56. The summed E-state index contributed by atoms with van der Waals surface area (Å²) in [5, 5.41) is 0. The summed E-state index contributed by atoms with van der Waals surface area (Å²) in [6.07, 6.45) is 7.94. The summed E-state index contributed by atoms with van der Waals surface area (Å²) < 4.78 is 29.5. The van der Waals surface area contributed by atoms with Crippen LogP contribution in [0.15, 0.2) is 21.8 Å². The predicted octanol–water partition coefficient (Wildman–Crippen LogP) is 3.81. The molecule has 2 aliphatic heterocycles. The van der Waals surface area contributed by atoms with Crippen LogP contribution >= 0.6 is 15.9 Å². The highest BCUT2D eigenvalue weighted by atomic mass is 79.9. The molecule has 4 rings (SSSR count). The summed E-state index contributed by atoms with van der Waals surface area (Å²) in [4.78, 5) is 16.2. The van der Waals surface area contributed by atoms with Gasteiger partial charge in [-0.2, -0.15) is 8.78 Å². The highest BCUT2D eigenvalue weighted by molar-refractivity contribution is 9.11. The van der Waals surface area contributed by atoms with Crippen LogP contribution in [-0.2, 0) is 4.79 Å². The molecule has 0 spiro atoms. The minimum absolute atomic E-state index is 0.0205. The molecule has 0 aromatic rings. The standard InChI is InChI=1S/C17H21BrF2N2O/c18-11-4-5-14-15(8-11)22(16(23)17(14,19)20)13-9-12(10-13)21-6-2-1-3-7-21/h8,12-13H,1-7,9-10H2. The summed E-state index contributed by atoms with van der Waals surface area (Å²) in [6.45, 7) is 2.22. The number of likely N-dealkylation sites (tertiary alicyclic amines) is 1. The molecular weight excluding hydrogens is 366 g/mol. The van der Waals surface area contributed by atoms with Crippen LogP contribution < -0.4 is 0 Å². The number of piperidine rings is 1. The quantitative estimate of drug-likeness (QED) is 0.720. The molecular formula is C17H21BrF2N2O. The maximum absolute atomic E-state index is 14.3. The van der Waals surface area contributed by atoms with Crippen molar-refractivity contribution in [2.24, 2.45) is 0 Å². The van der Waals surface area contributed by atoms with Gasteiger partial charge < -0.3 is 9.80 Å². The Morgan fingerprint density at radius 3 is 2.48 bits per heavy atom. The van der Waals surface area contributed by atoms with E-state index in [-0.39, 0.29) is 18.0 Å². The van der Waals surface area contributed by atoms with E-state index in [4.69, 9.17) is 0 Å². The van der Waals surface area contributed by atoms with Gasteiger partial charge in [-0.15, -0.1) is 0 Å². The fourth-order valence-electron chi connectivity index (χ4n) is 4.32. The van der Waals surface area contributed by atoms with E-state index in [0.717, 1.165) is 30.4 Å². The van der Waals surface area contributed by atoms with Gasteiger partial charge in [-0.25, -0.2) is 0 Å². The maximum atomic E-state index is 14.3. The normalized spacial score (nSPS) is 34.3. The molecule has 2 fully saturated rings. The van der Waals surface area contributed by atoms with Gasteiger partial charge in [0.1, 0.15) is 0 Å². The van der Waals surface area contributed by atoms with Crippen LogP contribution in [0.1, 0.15) is 44.9 Å². The molecule has 0 unspecified atom stereocenters. The van der Waals surface area contributed by atoms with Gasteiger partial charge in [0.25, 0.3) is 0 Å². The zero-order valence-electron chi connectivity index (χ0n) is 13.0. The van der Waals surface area contributed by atoms with Gasteiger partial charge in [0.2, 0.25) is 0 Å². The second-order valence-corrected chi connectivity index (χ2v) is 8.10. The van der Waals surface area contributed by atoms with E-state index < -0.39 is 11.8 Å². The highest BCUT2D eigenvalue weighted by Gasteiger charge is 2.57. The molecule has 0 aromatic carbocycles. The Labute approximate surface area is 143 Å². The Balaban J connectivity index is 1.51. The third-order valence-electron chi connectivity index (χ3n) is 5.70. The van der Waals surface area contributed by atoms with E-state index in [1.807, 2.05) is 0 Å². The fourth-order valence-corrected chi connectivity index (χ4v) is 4.73. The third-order valence-corrected chi connectivity index (χ3v) is 6.33. The van der Waals surface area contributed by atoms with E-state index in [1.165, 1.54) is 24.2 Å². The van der Waals surface area contributed by atoms with Crippen LogP contribution in [0.4, 0.5) is 8.78 Å². The molecule has 0 atom stereocenters. The number of halogens is 3. The number of alkyl halides is 2. The summed E-state index contributed by atoms with van der Waals surface area (Å²) >= 11 is 3.41. The number of amides is 1. The third kappa shape index (κ3) is 2.49. The van der Waals surface area contributed by atoms with Crippen molar-refractivity contribution in [2.45, 2.75) is 63.0 Å². The first-order valence-electron chi connectivity index (χ1n) is 8.53. The lowest BCUT2D eigenvalue weighted by Gasteiger charge is -2.48. The molecule has 1 saturated heterocycles. The molecule has 0 aromatic heterocycles. The van der Waals surface area contributed by atoms with E-state index in [2.05, 4.69) is 20.8 Å². The summed E-state index contributed by atoms with van der Waals surface area (Å²) in [5.41, 5.74) is 0.479. The van der Waals surface area contributed by atoms with E-state index in [9.17, 15) is 13.6 Å². The molecule has 0 bridgehead atoms. The Kier molecular flexibility index (Phi) is 3.88. The first-order chi connectivity index (χ1) is 11.0. The Bertz CT molecular complexity index is 589. The number of hydrogen-bond donors (Lipinski definition) is 0. The second-order valence-electron chi connectivity index (χ2n) is 7.08. The molecule has 4 aliphatic rings. The highest BCUT2D eigenvalue weighted by Crippen LogP contribution is 2.48. The van der Waals surface area contributed by atoms with Gasteiger partial charge in [0.15, 0.2) is 0 Å². The van der Waals surface area contributed by atoms with Gasteiger partial charge in [0.05, 0.1) is 5.70 Å².